The molecule has 1 saturated heterocycles. The quantitative estimate of drug-likeness (QED) is 0.590. The van der Waals surface area contributed by atoms with Crippen molar-refractivity contribution in [2.24, 2.45) is 0 Å². The van der Waals surface area contributed by atoms with E-state index in [9.17, 15) is 18.0 Å². The van der Waals surface area contributed by atoms with Gasteiger partial charge in [0.2, 0.25) is 10.0 Å². The van der Waals surface area contributed by atoms with Crippen molar-refractivity contribution in [3.8, 4) is 5.75 Å². The molecule has 1 heterocycles. The van der Waals surface area contributed by atoms with E-state index in [1.165, 1.54) is 36.5 Å². The Morgan fingerprint density at radius 3 is 2.33 bits per heavy atom. The number of nitrogens with zero attached hydrogens (tertiary/aromatic N) is 1. The van der Waals surface area contributed by atoms with Crippen molar-refractivity contribution < 1.29 is 27.5 Å². The topological polar surface area (TPSA) is 102 Å². The van der Waals surface area contributed by atoms with Gasteiger partial charge in [-0.3, -0.25) is 4.79 Å². The number of rotatable bonds is 8. The van der Waals surface area contributed by atoms with Gasteiger partial charge in [-0.2, -0.15) is 4.31 Å². The summed E-state index contributed by atoms with van der Waals surface area (Å²) in [6.45, 7) is 2.64. The van der Waals surface area contributed by atoms with Crippen LogP contribution in [0.3, 0.4) is 0 Å². The predicted octanol–water partition coefficient (Wildman–Crippen LogP) is 3.12. The highest BCUT2D eigenvalue weighted by Crippen LogP contribution is 2.29. The smallest absolute Gasteiger partial charge is 0.338 e. The number of amides is 1. The highest BCUT2D eigenvalue weighted by atomic mass is 32.2. The van der Waals surface area contributed by atoms with E-state index in [0.29, 0.717) is 19.6 Å². The lowest BCUT2D eigenvalue weighted by Gasteiger charge is -2.21. The van der Waals surface area contributed by atoms with Gasteiger partial charge in [0.25, 0.3) is 5.91 Å². The van der Waals surface area contributed by atoms with Gasteiger partial charge in [0.05, 0.1) is 12.7 Å². The van der Waals surface area contributed by atoms with Gasteiger partial charge in [0.15, 0.2) is 6.10 Å². The van der Waals surface area contributed by atoms with Crippen LogP contribution in [0.15, 0.2) is 53.4 Å². The molecule has 8 nitrogen and oxygen atoms in total. The van der Waals surface area contributed by atoms with E-state index in [2.05, 4.69) is 5.32 Å². The molecule has 0 bridgehead atoms. The van der Waals surface area contributed by atoms with Crippen LogP contribution >= 0.6 is 0 Å². The van der Waals surface area contributed by atoms with E-state index in [0.717, 1.165) is 31.2 Å². The normalized spacial score (nSPS) is 15.8. The van der Waals surface area contributed by atoms with Crippen LogP contribution in [0.1, 0.15) is 48.5 Å². The Bertz CT molecular complexity index is 1060. The van der Waals surface area contributed by atoms with Gasteiger partial charge < -0.3 is 14.8 Å². The van der Waals surface area contributed by atoms with Crippen LogP contribution in [0.25, 0.3) is 0 Å². The van der Waals surface area contributed by atoms with Crippen LogP contribution in [0, 0.1) is 0 Å². The molecule has 0 unspecified atom stereocenters. The Kier molecular flexibility index (Phi) is 8.46. The molecule has 2 aromatic carbocycles. The van der Waals surface area contributed by atoms with E-state index in [4.69, 9.17) is 9.47 Å². The second kappa shape index (κ2) is 11.3. The zero-order valence-corrected chi connectivity index (χ0v) is 19.8. The van der Waals surface area contributed by atoms with E-state index in [1.54, 1.807) is 0 Å². The van der Waals surface area contributed by atoms with Gasteiger partial charge >= 0.3 is 5.97 Å². The van der Waals surface area contributed by atoms with E-state index >= 15 is 0 Å². The number of methoxy groups -OCH3 is 1. The number of hydrogen-bond acceptors (Lipinski definition) is 6. The van der Waals surface area contributed by atoms with Crippen molar-refractivity contribution in [3.63, 3.8) is 0 Å². The summed E-state index contributed by atoms with van der Waals surface area (Å²) in [6.07, 6.45) is 2.51. The van der Waals surface area contributed by atoms with Crippen LogP contribution in [0.5, 0.6) is 5.75 Å². The van der Waals surface area contributed by atoms with Gasteiger partial charge in [-0.25, -0.2) is 13.2 Å². The average molecular weight is 475 g/mol. The Hall–Kier alpha value is -2.91. The number of carbonyl (C=O) groups excluding carboxylic acids is 2. The summed E-state index contributed by atoms with van der Waals surface area (Å²) < 4.78 is 38.5. The predicted molar refractivity (Wildman–Crippen MR) is 123 cm³/mol. The minimum atomic E-state index is -3.85. The van der Waals surface area contributed by atoms with Crippen molar-refractivity contribution >= 4 is 21.9 Å². The molecular formula is C24H30N2O6S. The summed E-state index contributed by atoms with van der Waals surface area (Å²) in [4.78, 5) is 24.9. The molecule has 178 valence electrons. The lowest BCUT2D eigenvalue weighted by molar-refractivity contribution is -0.129. The SMILES string of the molecule is COc1ccc(C(=O)O[C@@H](C)C(=O)NCc2ccccc2)cc1S(=O)(=O)N1CCCCCC1. The second-order valence-electron chi connectivity index (χ2n) is 7.93. The molecule has 0 radical (unpaired) electrons. The van der Waals surface area contributed by atoms with Crippen LogP contribution < -0.4 is 10.1 Å². The monoisotopic (exact) mass is 474 g/mol. The van der Waals surface area contributed by atoms with Crippen LogP contribution in [-0.4, -0.2) is 50.9 Å². The van der Waals surface area contributed by atoms with E-state index in [-0.39, 0.29) is 16.2 Å². The molecule has 33 heavy (non-hydrogen) atoms. The average Bonchev–Trinajstić information content (AvgIpc) is 3.13. The molecule has 0 spiro atoms. The first kappa shape index (κ1) is 24.7. The molecule has 0 saturated carbocycles. The van der Waals surface area contributed by atoms with Crippen molar-refractivity contribution in [1.82, 2.24) is 9.62 Å². The number of benzene rings is 2. The first-order valence-electron chi connectivity index (χ1n) is 11.0. The number of sulfonamides is 1. The van der Waals surface area contributed by atoms with Gasteiger partial charge in [0, 0.05) is 19.6 Å². The maximum atomic E-state index is 13.3. The van der Waals surface area contributed by atoms with Crippen LogP contribution in [-0.2, 0) is 26.1 Å². The first-order valence-corrected chi connectivity index (χ1v) is 12.5. The van der Waals surface area contributed by atoms with Crippen LogP contribution in [0.2, 0.25) is 0 Å². The minimum absolute atomic E-state index is 0.0342. The summed E-state index contributed by atoms with van der Waals surface area (Å²) in [5, 5.41) is 2.72. The fraction of sp³-hybridized carbons (Fsp3) is 0.417. The molecule has 0 aromatic heterocycles. The maximum Gasteiger partial charge on any atom is 0.338 e. The van der Waals surface area contributed by atoms with E-state index < -0.39 is 28.0 Å². The molecule has 3 rings (SSSR count). The lowest BCUT2D eigenvalue weighted by Crippen LogP contribution is -2.35. The molecule has 0 aliphatic carbocycles. The highest BCUT2D eigenvalue weighted by molar-refractivity contribution is 7.89. The van der Waals surface area contributed by atoms with Gasteiger partial charge in [0.1, 0.15) is 10.6 Å². The fourth-order valence-electron chi connectivity index (χ4n) is 3.64. The first-order chi connectivity index (χ1) is 15.8. The number of carbonyl (C=O) groups is 2. The number of esters is 1. The molecule has 1 fully saturated rings. The third-order valence-corrected chi connectivity index (χ3v) is 7.46. The zero-order valence-electron chi connectivity index (χ0n) is 19.0. The molecule has 1 aliphatic heterocycles. The Morgan fingerprint density at radius 1 is 1.03 bits per heavy atom. The molecule has 9 heteroatoms. The minimum Gasteiger partial charge on any atom is -0.495 e. The summed E-state index contributed by atoms with van der Waals surface area (Å²) >= 11 is 0. The Balaban J connectivity index is 1.72. The molecule has 1 amide bonds. The van der Waals surface area contributed by atoms with E-state index in [1.807, 2.05) is 30.3 Å². The number of hydrogen-bond donors (Lipinski definition) is 1. The van der Waals surface area contributed by atoms with Crippen LogP contribution in [0.4, 0.5) is 0 Å². The molecular weight excluding hydrogens is 444 g/mol. The third kappa shape index (κ3) is 6.33. The Labute approximate surface area is 194 Å². The lowest BCUT2D eigenvalue weighted by atomic mass is 10.2. The number of ether oxygens (including phenoxy) is 2. The van der Waals surface area contributed by atoms with Crippen molar-refractivity contribution in [2.45, 2.75) is 50.2 Å². The van der Waals surface area contributed by atoms with Crippen molar-refractivity contribution in [2.75, 3.05) is 20.2 Å². The summed E-state index contributed by atoms with van der Waals surface area (Å²) in [7, 11) is -2.46. The molecule has 1 N–H and O–H groups in total. The van der Waals surface area contributed by atoms with Gasteiger partial charge in [-0.15, -0.1) is 0 Å². The second-order valence-corrected chi connectivity index (χ2v) is 9.84. The fourth-order valence-corrected chi connectivity index (χ4v) is 5.34. The zero-order chi connectivity index (χ0) is 23.8. The summed E-state index contributed by atoms with van der Waals surface area (Å²) in [6, 6.07) is 13.5. The van der Waals surface area contributed by atoms with Crippen molar-refractivity contribution in [3.05, 3.63) is 59.7 Å². The Morgan fingerprint density at radius 2 is 1.70 bits per heavy atom. The number of nitrogens with one attached hydrogen (secondary N) is 1. The third-order valence-electron chi connectivity index (χ3n) is 5.54. The molecule has 1 aliphatic rings. The largest absolute Gasteiger partial charge is 0.495 e. The maximum absolute atomic E-state index is 13.3. The van der Waals surface area contributed by atoms with Crippen molar-refractivity contribution in [1.29, 1.82) is 0 Å². The summed E-state index contributed by atoms with van der Waals surface area (Å²) in [5.41, 5.74) is 0.954. The summed E-state index contributed by atoms with van der Waals surface area (Å²) in [5.74, 6) is -1.07. The molecule has 1 atom stereocenters. The van der Waals surface area contributed by atoms with Gasteiger partial charge in [-0.05, 0) is 43.5 Å². The standard InChI is InChI=1S/C24H30N2O6S/c1-18(23(27)25-17-19-10-6-5-7-11-19)32-24(28)20-12-13-21(31-2)22(16-20)33(29,30)26-14-8-3-4-9-15-26/h5-7,10-13,16,18H,3-4,8-9,14-15,17H2,1-2H3,(H,25,27)/t18-/m0/s1. The highest BCUT2D eigenvalue weighted by Gasteiger charge is 2.30. The molecule has 2 aromatic rings. The van der Waals surface area contributed by atoms with Gasteiger partial charge in [-0.1, -0.05) is 43.2 Å².